The van der Waals surface area contributed by atoms with Gasteiger partial charge < -0.3 is 15.2 Å². The summed E-state index contributed by atoms with van der Waals surface area (Å²) < 4.78 is 28.5. The number of carbonyl (C=O) groups excluding carboxylic acids is 1. The van der Waals surface area contributed by atoms with Gasteiger partial charge in [-0.25, -0.2) is 13.2 Å². The molecule has 0 saturated carbocycles. The van der Waals surface area contributed by atoms with E-state index in [-0.39, 0.29) is 12.2 Å². The first-order valence-corrected chi connectivity index (χ1v) is 13.6. The van der Waals surface area contributed by atoms with E-state index in [2.05, 4.69) is 12.2 Å². The number of hydrogen-bond acceptors (Lipinski definition) is 5. The Morgan fingerprint density at radius 2 is 1.79 bits per heavy atom. The molecular weight excluding hydrogens is 454 g/mol. The summed E-state index contributed by atoms with van der Waals surface area (Å²) in [5.41, 5.74) is 4.03. The first-order chi connectivity index (χ1) is 16.0. The molecule has 0 aliphatic heterocycles. The normalized spacial score (nSPS) is 13.3. The molecule has 0 radical (unpaired) electrons. The van der Waals surface area contributed by atoms with Crippen molar-refractivity contribution < 1.29 is 27.9 Å². The zero-order valence-corrected chi connectivity index (χ0v) is 21.2. The lowest BCUT2D eigenvalue weighted by Gasteiger charge is -2.18. The molecule has 2 atom stereocenters. The quantitative estimate of drug-likeness (QED) is 0.442. The van der Waals surface area contributed by atoms with Gasteiger partial charge in [0.15, 0.2) is 0 Å². The number of carboxylic acid groups (broad SMARTS) is 1. The Morgan fingerprint density at radius 1 is 1.09 bits per heavy atom. The Labute approximate surface area is 202 Å². The van der Waals surface area contributed by atoms with Crippen molar-refractivity contribution in [2.45, 2.75) is 46.1 Å². The highest BCUT2D eigenvalue weighted by Crippen LogP contribution is 2.29. The molecule has 2 rings (SSSR count). The van der Waals surface area contributed by atoms with Crippen LogP contribution in [0, 0.1) is 12.8 Å². The SMILES string of the molecule is CCOCC(C)CCc1ccc(C(=O)NC(CCS(C)(=O)=O)C(=O)O)c(-c2ccccc2C)c1. The fourth-order valence-corrected chi connectivity index (χ4v) is 4.35. The van der Waals surface area contributed by atoms with Crippen molar-refractivity contribution in [1.29, 1.82) is 0 Å². The van der Waals surface area contributed by atoms with E-state index in [0.29, 0.717) is 24.7 Å². The number of nitrogens with one attached hydrogen (secondary N) is 1. The number of carbonyl (C=O) groups is 2. The maximum Gasteiger partial charge on any atom is 0.326 e. The number of rotatable bonds is 13. The number of amides is 1. The van der Waals surface area contributed by atoms with Crippen LogP contribution in [0.4, 0.5) is 0 Å². The molecule has 0 heterocycles. The molecule has 0 aromatic heterocycles. The van der Waals surface area contributed by atoms with Gasteiger partial charge in [0.05, 0.1) is 5.75 Å². The molecule has 0 aliphatic rings. The van der Waals surface area contributed by atoms with Crippen LogP contribution in [0.3, 0.4) is 0 Å². The monoisotopic (exact) mass is 489 g/mol. The van der Waals surface area contributed by atoms with Crippen LogP contribution in [0.2, 0.25) is 0 Å². The minimum absolute atomic E-state index is 0.199. The third-order valence-electron chi connectivity index (χ3n) is 5.68. The van der Waals surface area contributed by atoms with Gasteiger partial charge in [-0.05, 0) is 67.3 Å². The molecule has 2 N–H and O–H groups in total. The first kappa shape index (κ1) is 27.5. The lowest BCUT2D eigenvalue weighted by molar-refractivity contribution is -0.139. The van der Waals surface area contributed by atoms with E-state index in [4.69, 9.17) is 4.74 Å². The maximum absolute atomic E-state index is 13.1. The summed E-state index contributed by atoms with van der Waals surface area (Å²) in [4.78, 5) is 24.8. The van der Waals surface area contributed by atoms with Gasteiger partial charge in [0.2, 0.25) is 0 Å². The van der Waals surface area contributed by atoms with Crippen LogP contribution in [0.5, 0.6) is 0 Å². The molecule has 2 unspecified atom stereocenters. The Bertz CT molecular complexity index is 1100. The molecule has 7 nitrogen and oxygen atoms in total. The Morgan fingerprint density at radius 3 is 2.41 bits per heavy atom. The van der Waals surface area contributed by atoms with Crippen molar-refractivity contribution in [2.75, 3.05) is 25.2 Å². The van der Waals surface area contributed by atoms with Crippen LogP contribution < -0.4 is 5.32 Å². The van der Waals surface area contributed by atoms with Crippen LogP contribution >= 0.6 is 0 Å². The van der Waals surface area contributed by atoms with Gasteiger partial charge >= 0.3 is 5.97 Å². The topological polar surface area (TPSA) is 110 Å². The lowest BCUT2D eigenvalue weighted by Crippen LogP contribution is -2.42. The van der Waals surface area contributed by atoms with E-state index in [9.17, 15) is 23.1 Å². The zero-order chi connectivity index (χ0) is 25.3. The van der Waals surface area contributed by atoms with Crippen molar-refractivity contribution in [2.24, 2.45) is 5.92 Å². The second-order valence-electron chi connectivity index (χ2n) is 8.78. The standard InChI is InChI=1S/C26H35NO6S/c1-5-33-17-18(2)10-11-20-12-13-22(23(16-20)21-9-7-6-8-19(21)3)25(28)27-24(26(29)30)14-15-34(4,31)32/h6-9,12-13,16,18,24H,5,10-11,14-15,17H2,1-4H3,(H,27,28)(H,29,30). The highest BCUT2D eigenvalue weighted by molar-refractivity contribution is 7.90. The zero-order valence-electron chi connectivity index (χ0n) is 20.3. The highest BCUT2D eigenvalue weighted by atomic mass is 32.2. The number of sulfone groups is 1. The lowest BCUT2D eigenvalue weighted by atomic mass is 9.91. The predicted octanol–water partition coefficient (Wildman–Crippen LogP) is 3.88. The third kappa shape index (κ3) is 8.57. The van der Waals surface area contributed by atoms with Crippen molar-refractivity contribution in [3.63, 3.8) is 0 Å². The third-order valence-corrected chi connectivity index (χ3v) is 6.65. The van der Waals surface area contributed by atoms with Crippen LogP contribution in [0.15, 0.2) is 42.5 Å². The summed E-state index contributed by atoms with van der Waals surface area (Å²) in [6.45, 7) is 7.46. The molecule has 0 aliphatic carbocycles. The minimum Gasteiger partial charge on any atom is -0.480 e. The van der Waals surface area contributed by atoms with Gasteiger partial charge in [0.1, 0.15) is 15.9 Å². The maximum atomic E-state index is 13.1. The van der Waals surface area contributed by atoms with E-state index in [1.807, 2.05) is 50.2 Å². The van der Waals surface area contributed by atoms with Crippen molar-refractivity contribution >= 4 is 21.7 Å². The fraction of sp³-hybridized carbons (Fsp3) is 0.462. The number of carboxylic acids is 1. The Hall–Kier alpha value is -2.71. The second-order valence-corrected chi connectivity index (χ2v) is 11.0. The van der Waals surface area contributed by atoms with Gasteiger partial charge in [-0.3, -0.25) is 4.79 Å². The molecule has 8 heteroatoms. The highest BCUT2D eigenvalue weighted by Gasteiger charge is 2.24. The molecule has 34 heavy (non-hydrogen) atoms. The van der Waals surface area contributed by atoms with E-state index in [1.54, 1.807) is 6.07 Å². The molecule has 2 aromatic rings. The number of aryl methyl sites for hydroxylation is 2. The van der Waals surface area contributed by atoms with Gasteiger partial charge in [0.25, 0.3) is 5.91 Å². The van der Waals surface area contributed by atoms with Crippen LogP contribution in [-0.2, 0) is 25.8 Å². The summed E-state index contributed by atoms with van der Waals surface area (Å²) in [6.07, 6.45) is 2.60. The first-order valence-electron chi connectivity index (χ1n) is 11.5. The van der Waals surface area contributed by atoms with Crippen molar-refractivity contribution in [3.8, 4) is 11.1 Å². The smallest absolute Gasteiger partial charge is 0.326 e. The van der Waals surface area contributed by atoms with E-state index >= 15 is 0 Å². The summed E-state index contributed by atoms with van der Waals surface area (Å²) in [5, 5.41) is 12.0. The molecule has 1 amide bonds. The Kier molecular flexibility index (Phi) is 10.3. The average Bonchev–Trinajstić information content (AvgIpc) is 2.78. The number of ether oxygens (including phenoxy) is 1. The summed E-state index contributed by atoms with van der Waals surface area (Å²) in [6, 6.07) is 12.0. The number of benzene rings is 2. The largest absolute Gasteiger partial charge is 0.480 e. The van der Waals surface area contributed by atoms with E-state index in [0.717, 1.165) is 41.4 Å². The van der Waals surface area contributed by atoms with Crippen LogP contribution in [0.25, 0.3) is 11.1 Å². The molecular formula is C26H35NO6S. The van der Waals surface area contributed by atoms with Crippen LogP contribution in [0.1, 0.15) is 48.2 Å². The summed E-state index contributed by atoms with van der Waals surface area (Å²) >= 11 is 0. The number of aliphatic carboxylic acids is 1. The van der Waals surface area contributed by atoms with Crippen molar-refractivity contribution in [3.05, 3.63) is 59.2 Å². The van der Waals surface area contributed by atoms with E-state index < -0.39 is 27.8 Å². The number of hydrogen-bond donors (Lipinski definition) is 2. The van der Waals surface area contributed by atoms with Gasteiger partial charge in [0, 0.05) is 25.0 Å². The predicted molar refractivity (Wildman–Crippen MR) is 134 cm³/mol. The Balaban J connectivity index is 2.33. The van der Waals surface area contributed by atoms with Gasteiger partial charge in [-0.1, -0.05) is 43.3 Å². The van der Waals surface area contributed by atoms with Gasteiger partial charge in [-0.15, -0.1) is 0 Å². The average molecular weight is 490 g/mol. The molecule has 0 saturated heterocycles. The second kappa shape index (κ2) is 12.7. The molecule has 0 spiro atoms. The fourth-order valence-electron chi connectivity index (χ4n) is 3.68. The summed E-state index contributed by atoms with van der Waals surface area (Å²) in [7, 11) is -3.36. The van der Waals surface area contributed by atoms with Crippen LogP contribution in [-0.4, -0.2) is 56.7 Å². The molecule has 2 aromatic carbocycles. The minimum atomic E-state index is -3.36. The van der Waals surface area contributed by atoms with Gasteiger partial charge in [-0.2, -0.15) is 0 Å². The molecule has 0 bridgehead atoms. The molecule has 186 valence electrons. The summed E-state index contributed by atoms with van der Waals surface area (Å²) in [5.74, 6) is -1.74. The molecule has 0 fully saturated rings. The van der Waals surface area contributed by atoms with E-state index in [1.165, 1.54) is 0 Å². The van der Waals surface area contributed by atoms with Crippen molar-refractivity contribution in [1.82, 2.24) is 5.32 Å².